The van der Waals surface area contributed by atoms with Crippen LogP contribution in [0.15, 0.2) is 12.5 Å². The summed E-state index contributed by atoms with van der Waals surface area (Å²) in [4.78, 5) is 16.3. The van der Waals surface area contributed by atoms with Crippen LogP contribution in [0.1, 0.15) is 50.0 Å². The topological polar surface area (TPSA) is 72.9 Å². The smallest absolute Gasteiger partial charge is 0.271 e. The first-order valence-corrected chi connectivity index (χ1v) is 7.03. The minimum atomic E-state index is -0.0709. The highest BCUT2D eigenvalue weighted by Crippen LogP contribution is 2.35. The van der Waals surface area contributed by atoms with Crippen molar-refractivity contribution in [3.8, 4) is 0 Å². The van der Waals surface area contributed by atoms with Crippen LogP contribution in [0.5, 0.6) is 0 Å². The summed E-state index contributed by atoms with van der Waals surface area (Å²) >= 11 is 0. The third kappa shape index (κ3) is 3.80. The van der Waals surface area contributed by atoms with Crippen molar-refractivity contribution in [3.63, 3.8) is 0 Å². The van der Waals surface area contributed by atoms with Crippen LogP contribution in [0.4, 0.5) is 0 Å². The fourth-order valence-corrected chi connectivity index (χ4v) is 2.83. The van der Waals surface area contributed by atoms with Crippen LogP contribution in [-0.4, -0.2) is 28.0 Å². The molecule has 1 aliphatic carbocycles. The van der Waals surface area contributed by atoms with Gasteiger partial charge in [-0.3, -0.25) is 4.79 Å². The van der Waals surface area contributed by atoms with Gasteiger partial charge in [-0.25, -0.2) is 4.98 Å². The highest BCUT2D eigenvalue weighted by atomic mass is 16.2. The summed E-state index contributed by atoms with van der Waals surface area (Å²) in [5, 5.41) is 3.10. The van der Waals surface area contributed by atoms with Crippen molar-refractivity contribution in [1.82, 2.24) is 14.9 Å². The van der Waals surface area contributed by atoms with E-state index in [1.165, 1.54) is 12.8 Å². The van der Waals surface area contributed by atoms with Crippen LogP contribution < -0.4 is 11.1 Å². The normalized spacial score (nSPS) is 22.2. The maximum atomic E-state index is 12.1. The molecule has 2 rings (SSSR count). The highest BCUT2D eigenvalue weighted by molar-refractivity contribution is 5.92. The van der Waals surface area contributed by atoms with E-state index in [1.54, 1.807) is 12.5 Å². The van der Waals surface area contributed by atoms with Gasteiger partial charge in [-0.05, 0) is 24.7 Å². The average Bonchev–Trinajstić information content (AvgIpc) is 2.77. The molecule has 1 unspecified atom stereocenters. The zero-order chi connectivity index (χ0) is 13.9. The molecule has 5 nitrogen and oxygen atoms in total. The van der Waals surface area contributed by atoms with Gasteiger partial charge in [0.15, 0.2) is 0 Å². The first-order chi connectivity index (χ1) is 9.00. The SMILES string of the molecule is CC1(C)CCCC(NC(=O)c2cn(CCN)cn2)C1. The van der Waals surface area contributed by atoms with Gasteiger partial charge in [-0.1, -0.05) is 20.3 Å². The van der Waals surface area contributed by atoms with Gasteiger partial charge in [0, 0.05) is 25.3 Å². The highest BCUT2D eigenvalue weighted by Gasteiger charge is 2.29. The van der Waals surface area contributed by atoms with E-state index in [0.717, 1.165) is 12.8 Å². The van der Waals surface area contributed by atoms with Gasteiger partial charge in [0.25, 0.3) is 5.91 Å². The molecule has 0 bridgehead atoms. The minimum absolute atomic E-state index is 0.0709. The molecule has 0 radical (unpaired) electrons. The molecule has 1 fully saturated rings. The number of nitrogens with two attached hydrogens (primary N) is 1. The van der Waals surface area contributed by atoms with Crippen molar-refractivity contribution in [2.45, 2.75) is 52.1 Å². The van der Waals surface area contributed by atoms with Crippen molar-refractivity contribution in [3.05, 3.63) is 18.2 Å². The molecule has 1 saturated carbocycles. The van der Waals surface area contributed by atoms with E-state index < -0.39 is 0 Å². The third-order valence-electron chi connectivity index (χ3n) is 3.79. The number of rotatable bonds is 4. The molecule has 1 atom stereocenters. The Labute approximate surface area is 114 Å². The van der Waals surface area contributed by atoms with E-state index in [1.807, 2.05) is 4.57 Å². The number of hydrogen-bond acceptors (Lipinski definition) is 3. The maximum Gasteiger partial charge on any atom is 0.271 e. The predicted molar refractivity (Wildman–Crippen MR) is 74.8 cm³/mol. The number of imidazole rings is 1. The molecule has 0 aliphatic heterocycles. The second kappa shape index (κ2) is 5.74. The zero-order valence-corrected chi connectivity index (χ0v) is 11.9. The molecular weight excluding hydrogens is 240 g/mol. The van der Waals surface area contributed by atoms with Crippen LogP contribution in [0.3, 0.4) is 0 Å². The van der Waals surface area contributed by atoms with Crippen LogP contribution in [-0.2, 0) is 6.54 Å². The van der Waals surface area contributed by atoms with Gasteiger partial charge in [-0.15, -0.1) is 0 Å². The van der Waals surface area contributed by atoms with Crippen LogP contribution in [0.25, 0.3) is 0 Å². The summed E-state index contributed by atoms with van der Waals surface area (Å²) in [5.41, 5.74) is 6.29. The lowest BCUT2D eigenvalue weighted by Crippen LogP contribution is -2.40. The summed E-state index contributed by atoms with van der Waals surface area (Å²) in [6, 6.07) is 0.274. The van der Waals surface area contributed by atoms with Gasteiger partial charge in [-0.2, -0.15) is 0 Å². The number of nitrogens with one attached hydrogen (secondary N) is 1. The molecule has 19 heavy (non-hydrogen) atoms. The first-order valence-electron chi connectivity index (χ1n) is 7.03. The molecule has 0 saturated heterocycles. The molecule has 1 aromatic heterocycles. The number of aromatic nitrogens is 2. The van der Waals surface area contributed by atoms with Crippen LogP contribution >= 0.6 is 0 Å². The van der Waals surface area contributed by atoms with Gasteiger partial charge >= 0.3 is 0 Å². The van der Waals surface area contributed by atoms with Gasteiger partial charge in [0.05, 0.1) is 6.33 Å². The molecule has 1 aliphatic rings. The standard InChI is InChI=1S/C14H24N4O/c1-14(2)5-3-4-11(8-14)17-13(19)12-9-18(7-6-15)10-16-12/h9-11H,3-8,15H2,1-2H3,(H,17,19). The third-order valence-corrected chi connectivity index (χ3v) is 3.79. The largest absolute Gasteiger partial charge is 0.348 e. The first kappa shape index (κ1) is 14.1. The molecule has 1 amide bonds. The molecule has 0 spiro atoms. The van der Waals surface area contributed by atoms with Crippen molar-refractivity contribution >= 4 is 5.91 Å². The predicted octanol–water partition coefficient (Wildman–Crippen LogP) is 1.54. The fraction of sp³-hybridized carbons (Fsp3) is 0.714. The number of hydrogen-bond donors (Lipinski definition) is 2. The Balaban J connectivity index is 1.92. The summed E-state index contributed by atoms with van der Waals surface area (Å²) in [5.74, 6) is -0.0709. The Bertz CT molecular complexity index is 438. The van der Waals surface area contributed by atoms with Crippen molar-refractivity contribution in [1.29, 1.82) is 0 Å². The summed E-state index contributed by atoms with van der Waals surface area (Å²) in [6.45, 7) is 5.77. The van der Waals surface area contributed by atoms with Crippen molar-refractivity contribution in [2.75, 3.05) is 6.54 Å². The van der Waals surface area contributed by atoms with E-state index in [4.69, 9.17) is 5.73 Å². The second-order valence-corrected chi connectivity index (χ2v) is 6.22. The summed E-state index contributed by atoms with van der Waals surface area (Å²) in [7, 11) is 0. The fourth-order valence-electron chi connectivity index (χ4n) is 2.83. The Kier molecular flexibility index (Phi) is 4.24. The van der Waals surface area contributed by atoms with Crippen molar-refractivity contribution < 1.29 is 4.79 Å². The van der Waals surface area contributed by atoms with Crippen molar-refractivity contribution in [2.24, 2.45) is 11.1 Å². The molecule has 0 aromatic carbocycles. The molecule has 5 heteroatoms. The van der Waals surface area contributed by atoms with E-state index in [-0.39, 0.29) is 11.9 Å². The van der Waals surface area contributed by atoms with E-state index in [0.29, 0.717) is 24.2 Å². The monoisotopic (exact) mass is 264 g/mol. The Hall–Kier alpha value is -1.36. The number of nitrogens with zero attached hydrogens (tertiary/aromatic N) is 2. The lowest BCUT2D eigenvalue weighted by atomic mass is 9.75. The Morgan fingerprint density at radius 2 is 2.42 bits per heavy atom. The van der Waals surface area contributed by atoms with Crippen LogP contribution in [0.2, 0.25) is 0 Å². The molecular formula is C14H24N4O. The molecule has 3 N–H and O–H groups in total. The van der Waals surface area contributed by atoms with E-state index in [2.05, 4.69) is 24.1 Å². The van der Waals surface area contributed by atoms with Gasteiger partial charge in [0.2, 0.25) is 0 Å². The minimum Gasteiger partial charge on any atom is -0.348 e. The molecule has 1 heterocycles. The quantitative estimate of drug-likeness (QED) is 0.866. The Morgan fingerprint density at radius 1 is 1.63 bits per heavy atom. The number of carbonyl (C=O) groups is 1. The van der Waals surface area contributed by atoms with Gasteiger partial charge in [0.1, 0.15) is 5.69 Å². The molecule has 1 aromatic rings. The lowest BCUT2D eigenvalue weighted by molar-refractivity contribution is 0.0898. The maximum absolute atomic E-state index is 12.1. The average molecular weight is 264 g/mol. The molecule has 106 valence electrons. The van der Waals surface area contributed by atoms with Gasteiger partial charge < -0.3 is 15.6 Å². The lowest BCUT2D eigenvalue weighted by Gasteiger charge is -2.35. The zero-order valence-electron chi connectivity index (χ0n) is 11.9. The van der Waals surface area contributed by atoms with E-state index in [9.17, 15) is 4.79 Å². The van der Waals surface area contributed by atoms with E-state index >= 15 is 0 Å². The summed E-state index contributed by atoms with van der Waals surface area (Å²) in [6.07, 6.45) is 7.95. The number of carbonyl (C=O) groups excluding carboxylic acids is 1. The summed E-state index contributed by atoms with van der Waals surface area (Å²) < 4.78 is 1.85. The van der Waals surface area contributed by atoms with Crippen LogP contribution in [0, 0.1) is 5.41 Å². The Morgan fingerprint density at radius 3 is 3.11 bits per heavy atom. The number of amides is 1. The second-order valence-electron chi connectivity index (χ2n) is 6.22.